The van der Waals surface area contributed by atoms with E-state index in [1.54, 1.807) is 26.8 Å². The molecule has 0 saturated heterocycles. The Balaban J connectivity index is 2.11. The number of alkyl carbamates (subject to hydrolysis) is 1. The molecule has 3 N–H and O–H groups in total. The fourth-order valence-electron chi connectivity index (χ4n) is 3.49. The van der Waals surface area contributed by atoms with Crippen LogP contribution in [-0.4, -0.2) is 51.0 Å². The predicted octanol–water partition coefficient (Wildman–Crippen LogP) is 2.89. The van der Waals surface area contributed by atoms with Gasteiger partial charge in [-0.3, -0.25) is 4.18 Å². The smallest absolute Gasteiger partial charge is 0.407 e. The Labute approximate surface area is 189 Å². The van der Waals surface area contributed by atoms with Crippen LogP contribution in [0.25, 0.3) is 0 Å². The molecule has 2 aliphatic rings. The van der Waals surface area contributed by atoms with Gasteiger partial charge in [-0.25, -0.2) is 4.79 Å². The van der Waals surface area contributed by atoms with E-state index >= 15 is 0 Å². The number of aliphatic hydroxyl groups excluding tert-OH is 1. The van der Waals surface area contributed by atoms with Crippen LogP contribution < -0.4 is 10.2 Å². The Morgan fingerprint density at radius 2 is 2.09 bits per heavy atom. The van der Waals surface area contributed by atoms with Crippen molar-refractivity contribution in [2.75, 3.05) is 19.7 Å². The highest BCUT2D eigenvalue weighted by atomic mass is 32.2. The number of hydrogen-bond acceptors (Lipinski definition) is 8. The quantitative estimate of drug-likeness (QED) is 0.239. The summed E-state index contributed by atoms with van der Waals surface area (Å²) in [5, 5.41) is 17.3. The van der Waals surface area contributed by atoms with E-state index in [2.05, 4.69) is 15.3 Å². The van der Waals surface area contributed by atoms with Crippen LogP contribution in [0.1, 0.15) is 47.0 Å². The number of ether oxygens (including phenoxy) is 1. The first-order valence-corrected chi connectivity index (χ1v) is 12.3. The maximum absolute atomic E-state index is 12.6. The second-order valence-corrected chi connectivity index (χ2v) is 11.1. The van der Waals surface area contributed by atoms with Crippen LogP contribution in [0.4, 0.5) is 4.79 Å². The van der Waals surface area contributed by atoms with Crippen molar-refractivity contribution < 1.29 is 27.2 Å². The van der Waals surface area contributed by atoms with Crippen LogP contribution in [-0.2, 0) is 19.0 Å². The van der Waals surface area contributed by atoms with Crippen molar-refractivity contribution in [3.63, 3.8) is 0 Å². The van der Waals surface area contributed by atoms with Crippen molar-refractivity contribution >= 4 is 16.2 Å². The second kappa shape index (κ2) is 11.2. The van der Waals surface area contributed by atoms with Crippen LogP contribution in [0, 0.1) is 29.2 Å². The van der Waals surface area contributed by atoms with Gasteiger partial charge in [-0.05, 0) is 57.9 Å². The number of carbonyl (C=O) groups is 1. The largest absolute Gasteiger partial charge is 0.444 e. The Hall–Kier alpha value is -2.07. The molecule has 0 bridgehead atoms. The monoisotopic (exact) mass is 471 g/mol. The molecule has 0 aromatic heterocycles. The van der Waals surface area contributed by atoms with Gasteiger partial charge in [0.25, 0.3) is 10.1 Å². The lowest BCUT2D eigenvalue weighted by atomic mass is 9.87. The SMILES string of the molecule is CC1C=CC(S(=O)(=O)OC[C@@H](CNC(=O)OC(C)(C)C)[C@H](O)[C@H](CN=[N+]=N)C2CC2)=CC1. The molecule has 0 aromatic carbocycles. The molecule has 1 amide bonds. The second-order valence-electron chi connectivity index (χ2n) is 9.48. The molecular weight excluding hydrogens is 436 g/mol. The van der Waals surface area contributed by atoms with Crippen molar-refractivity contribution in [1.82, 2.24) is 10.2 Å². The summed E-state index contributed by atoms with van der Waals surface area (Å²) in [6, 6.07) is 0. The zero-order valence-electron chi connectivity index (χ0n) is 19.2. The summed E-state index contributed by atoms with van der Waals surface area (Å²) in [7, 11) is -4.00. The Bertz CT molecular complexity index is 869. The van der Waals surface area contributed by atoms with Gasteiger partial charge in [-0.1, -0.05) is 19.1 Å². The van der Waals surface area contributed by atoms with Crippen LogP contribution in [0.2, 0.25) is 0 Å². The topological polar surface area (TPSA) is 152 Å². The summed E-state index contributed by atoms with van der Waals surface area (Å²) in [5.74, 6) is -0.569. The number of carbonyl (C=O) groups excluding carboxylic acids is 1. The van der Waals surface area contributed by atoms with Crippen LogP contribution >= 0.6 is 0 Å². The lowest BCUT2D eigenvalue weighted by Gasteiger charge is -2.29. The minimum atomic E-state index is -4.00. The maximum Gasteiger partial charge on any atom is 0.407 e. The molecule has 4 atom stereocenters. The molecule has 1 unspecified atom stereocenters. The lowest BCUT2D eigenvalue weighted by Crippen LogP contribution is -2.43. The fourth-order valence-corrected chi connectivity index (χ4v) is 4.53. The van der Waals surface area contributed by atoms with Gasteiger partial charge in [0.2, 0.25) is 4.91 Å². The van der Waals surface area contributed by atoms with E-state index in [1.165, 1.54) is 6.08 Å². The minimum absolute atomic E-state index is 0.0429. The molecular formula is C21H35N4O6S+. The van der Waals surface area contributed by atoms with E-state index in [0.717, 1.165) is 12.8 Å². The van der Waals surface area contributed by atoms with E-state index < -0.39 is 33.8 Å². The van der Waals surface area contributed by atoms with Gasteiger partial charge in [0.15, 0.2) is 0 Å². The molecule has 11 heteroatoms. The summed E-state index contributed by atoms with van der Waals surface area (Å²) in [6.07, 6.45) is 5.70. The molecule has 0 heterocycles. The summed E-state index contributed by atoms with van der Waals surface area (Å²) >= 11 is 0. The van der Waals surface area contributed by atoms with Gasteiger partial charge < -0.3 is 15.2 Å². The molecule has 0 aromatic rings. The molecule has 2 rings (SSSR count). The van der Waals surface area contributed by atoms with Crippen molar-refractivity contribution in [1.29, 1.82) is 5.53 Å². The van der Waals surface area contributed by atoms with Gasteiger partial charge >= 0.3 is 6.09 Å². The third-order valence-corrected chi connectivity index (χ3v) is 6.75. The molecule has 1 saturated carbocycles. The number of rotatable bonds is 11. The van der Waals surface area contributed by atoms with Crippen molar-refractivity contribution in [3.05, 3.63) is 23.1 Å². The standard InChI is InChI=1S/C21H34N4O6S/c1-14-5-9-17(10-6-14)32(28,29)30-13-16(11-23-20(27)31-21(2,3)4)19(26)18(12-24-25-22)15-7-8-15/h5,9-10,14-16,18-19,22,26H,6-8,11-13H2,1-4H3/p+1/t14?,16-,18-,19+/m1/s1. The lowest BCUT2D eigenvalue weighted by molar-refractivity contribution is 0.0190. The first kappa shape index (κ1) is 26.2. The molecule has 10 nitrogen and oxygen atoms in total. The van der Waals surface area contributed by atoms with E-state index in [1.807, 2.05) is 13.0 Å². The van der Waals surface area contributed by atoms with Gasteiger partial charge in [0.05, 0.1) is 17.6 Å². The van der Waals surface area contributed by atoms with Crippen molar-refractivity contribution in [2.45, 2.75) is 58.7 Å². The molecule has 0 radical (unpaired) electrons. The molecule has 0 aliphatic heterocycles. The Morgan fingerprint density at radius 3 is 2.62 bits per heavy atom. The number of amides is 1. The zero-order chi connectivity index (χ0) is 23.9. The molecule has 0 spiro atoms. The summed E-state index contributed by atoms with van der Waals surface area (Å²) < 4.78 is 35.8. The molecule has 180 valence electrons. The highest BCUT2D eigenvalue weighted by Gasteiger charge is 2.41. The highest BCUT2D eigenvalue weighted by Crippen LogP contribution is 2.40. The number of aliphatic hydroxyl groups is 1. The molecule has 2 aliphatic carbocycles. The van der Waals surface area contributed by atoms with Crippen LogP contribution in [0.15, 0.2) is 28.2 Å². The highest BCUT2D eigenvalue weighted by molar-refractivity contribution is 7.90. The summed E-state index contributed by atoms with van der Waals surface area (Å²) in [5.41, 5.74) is 6.21. The average Bonchev–Trinajstić information content (AvgIpc) is 3.52. The predicted molar refractivity (Wildman–Crippen MR) is 118 cm³/mol. The van der Waals surface area contributed by atoms with Crippen molar-refractivity contribution in [2.24, 2.45) is 28.8 Å². The number of hydrogen-bond donors (Lipinski definition) is 3. The van der Waals surface area contributed by atoms with Gasteiger partial charge in [-0.2, -0.15) is 8.42 Å². The van der Waals surface area contributed by atoms with E-state index in [-0.39, 0.29) is 42.4 Å². The third kappa shape index (κ3) is 8.46. The van der Waals surface area contributed by atoms with E-state index in [4.69, 9.17) is 14.5 Å². The Morgan fingerprint density at radius 1 is 1.41 bits per heavy atom. The van der Waals surface area contributed by atoms with Crippen LogP contribution in [0.3, 0.4) is 0 Å². The number of nitrogens with one attached hydrogen (secondary N) is 2. The normalized spacial score (nSPS) is 21.7. The number of nitrogens with zero attached hydrogens (tertiary/aromatic N) is 2. The van der Waals surface area contributed by atoms with Gasteiger partial charge in [-0.15, -0.1) is 0 Å². The van der Waals surface area contributed by atoms with Gasteiger partial charge in [0.1, 0.15) is 22.8 Å². The van der Waals surface area contributed by atoms with E-state index in [0.29, 0.717) is 6.42 Å². The third-order valence-electron chi connectivity index (χ3n) is 5.43. The zero-order valence-corrected chi connectivity index (χ0v) is 20.0. The fraction of sp³-hybridized carbons (Fsp3) is 0.762. The average molecular weight is 472 g/mol. The summed E-state index contributed by atoms with van der Waals surface area (Å²) in [4.78, 5) is 15.2. The number of allylic oxidation sites excluding steroid dienone is 3. The Kier molecular flexibility index (Phi) is 9.15. The maximum atomic E-state index is 12.6. The van der Waals surface area contributed by atoms with Crippen LogP contribution in [0.5, 0.6) is 0 Å². The summed E-state index contributed by atoms with van der Waals surface area (Å²) in [6.45, 7) is 6.97. The molecule has 32 heavy (non-hydrogen) atoms. The minimum Gasteiger partial charge on any atom is -0.444 e. The van der Waals surface area contributed by atoms with Crippen molar-refractivity contribution in [3.8, 4) is 0 Å². The van der Waals surface area contributed by atoms with E-state index in [9.17, 15) is 18.3 Å². The first-order chi connectivity index (χ1) is 14.9. The molecule has 1 fully saturated rings. The first-order valence-electron chi connectivity index (χ1n) is 10.9. The van der Waals surface area contributed by atoms with Gasteiger partial charge in [0, 0.05) is 18.4 Å².